The zero-order chi connectivity index (χ0) is 20.4. The van der Waals surface area contributed by atoms with Gasteiger partial charge in [0.25, 0.3) is 5.91 Å². The highest BCUT2D eigenvalue weighted by Crippen LogP contribution is 2.33. The van der Waals surface area contributed by atoms with Crippen molar-refractivity contribution in [2.45, 2.75) is 38.1 Å². The standard InChI is InChI=1S/C16H17F3N2O6/c1-3-15(12(13(23)24)27-9(2)22)14(25)21(7-8-26-15)11-6-4-5-10(20-11)16(17,18)19/h4-6,12H,3,7-8H2,1-2H3,(H,23,24)/t12-,15+/m0/s1. The molecular formula is C16H17F3N2O6. The number of halogens is 3. The third kappa shape index (κ3) is 4.02. The lowest BCUT2D eigenvalue weighted by Gasteiger charge is -2.42. The number of ether oxygens (including phenoxy) is 2. The first-order valence-corrected chi connectivity index (χ1v) is 7.93. The minimum atomic E-state index is -4.71. The van der Waals surface area contributed by atoms with Gasteiger partial charge in [-0.15, -0.1) is 0 Å². The molecule has 2 rings (SSSR count). The predicted molar refractivity (Wildman–Crippen MR) is 83.8 cm³/mol. The van der Waals surface area contributed by atoms with E-state index in [2.05, 4.69) is 4.98 Å². The number of esters is 1. The molecule has 0 aromatic carbocycles. The second kappa shape index (κ2) is 7.51. The molecule has 1 aliphatic heterocycles. The summed E-state index contributed by atoms with van der Waals surface area (Å²) in [6.07, 6.45) is -6.86. The second-order valence-corrected chi connectivity index (χ2v) is 5.75. The van der Waals surface area contributed by atoms with Crippen molar-refractivity contribution >= 4 is 23.7 Å². The molecule has 1 saturated heterocycles. The molecule has 148 valence electrons. The average Bonchev–Trinajstić information content (AvgIpc) is 2.59. The number of carbonyl (C=O) groups is 3. The molecule has 0 spiro atoms. The molecule has 1 fully saturated rings. The van der Waals surface area contributed by atoms with E-state index in [-0.39, 0.29) is 25.4 Å². The van der Waals surface area contributed by atoms with Crippen molar-refractivity contribution in [1.29, 1.82) is 0 Å². The maximum absolute atomic E-state index is 13.0. The Morgan fingerprint density at radius 3 is 2.63 bits per heavy atom. The molecule has 8 nitrogen and oxygen atoms in total. The number of carbonyl (C=O) groups excluding carboxylic acids is 2. The highest BCUT2D eigenvalue weighted by Gasteiger charge is 2.56. The normalized spacial score (nSPS) is 21.7. The van der Waals surface area contributed by atoms with Gasteiger partial charge < -0.3 is 14.6 Å². The molecule has 1 aromatic heterocycles. The molecule has 0 saturated carbocycles. The molecule has 0 bridgehead atoms. The van der Waals surface area contributed by atoms with Crippen molar-refractivity contribution < 1.29 is 42.1 Å². The fraction of sp³-hybridized carbons (Fsp3) is 0.500. The Balaban J connectivity index is 2.46. The Labute approximate surface area is 151 Å². The van der Waals surface area contributed by atoms with Gasteiger partial charge in [-0.3, -0.25) is 14.5 Å². The minimum Gasteiger partial charge on any atom is -0.478 e. The minimum absolute atomic E-state index is 0.138. The van der Waals surface area contributed by atoms with Gasteiger partial charge >= 0.3 is 18.1 Å². The number of anilines is 1. The number of hydrogen-bond donors (Lipinski definition) is 1. The number of carboxylic acid groups (broad SMARTS) is 1. The Morgan fingerprint density at radius 1 is 1.44 bits per heavy atom. The number of aliphatic carboxylic acids is 1. The van der Waals surface area contributed by atoms with Crippen LogP contribution in [0.3, 0.4) is 0 Å². The summed E-state index contributed by atoms with van der Waals surface area (Å²) >= 11 is 0. The number of rotatable bonds is 5. The highest BCUT2D eigenvalue weighted by molar-refractivity contribution is 6.03. The Morgan fingerprint density at radius 2 is 2.11 bits per heavy atom. The molecule has 0 unspecified atom stereocenters. The SMILES string of the molecule is CC[C@]1([C@@H](OC(C)=O)C(=O)O)OCCN(c2cccc(C(F)(F)F)n2)C1=O. The fourth-order valence-electron chi connectivity index (χ4n) is 2.80. The molecule has 11 heteroatoms. The summed E-state index contributed by atoms with van der Waals surface area (Å²) in [6, 6.07) is 3.03. The van der Waals surface area contributed by atoms with Crippen molar-refractivity contribution in [2.75, 3.05) is 18.1 Å². The maximum atomic E-state index is 13.0. The first kappa shape index (κ1) is 20.6. The van der Waals surface area contributed by atoms with E-state index in [4.69, 9.17) is 9.47 Å². The van der Waals surface area contributed by atoms with Crippen LogP contribution in [0.25, 0.3) is 0 Å². The zero-order valence-corrected chi connectivity index (χ0v) is 14.4. The highest BCUT2D eigenvalue weighted by atomic mass is 19.4. The van der Waals surface area contributed by atoms with E-state index in [9.17, 15) is 32.7 Å². The molecule has 1 aliphatic rings. The second-order valence-electron chi connectivity index (χ2n) is 5.75. The maximum Gasteiger partial charge on any atom is 0.433 e. The van der Waals surface area contributed by atoms with E-state index in [0.717, 1.165) is 24.0 Å². The summed E-state index contributed by atoms with van der Waals surface area (Å²) in [5.74, 6) is -3.81. The lowest BCUT2D eigenvalue weighted by molar-refractivity contribution is -0.196. The largest absolute Gasteiger partial charge is 0.478 e. The molecular weight excluding hydrogens is 373 g/mol. The number of amides is 1. The first-order valence-electron chi connectivity index (χ1n) is 7.93. The Hall–Kier alpha value is -2.69. The average molecular weight is 390 g/mol. The third-order valence-corrected chi connectivity index (χ3v) is 4.04. The van der Waals surface area contributed by atoms with Gasteiger partial charge in [-0.05, 0) is 18.6 Å². The summed E-state index contributed by atoms with van der Waals surface area (Å²) < 4.78 is 48.9. The number of nitrogens with zero attached hydrogens (tertiary/aromatic N) is 2. The van der Waals surface area contributed by atoms with Crippen LogP contribution in [0.4, 0.5) is 19.0 Å². The molecule has 1 aromatic rings. The van der Waals surface area contributed by atoms with Gasteiger partial charge in [0.15, 0.2) is 5.60 Å². The van der Waals surface area contributed by atoms with Crippen molar-refractivity contribution in [3.63, 3.8) is 0 Å². The van der Waals surface area contributed by atoms with Crippen molar-refractivity contribution in [3.8, 4) is 0 Å². The van der Waals surface area contributed by atoms with Crippen molar-refractivity contribution in [3.05, 3.63) is 23.9 Å². The summed E-state index contributed by atoms with van der Waals surface area (Å²) in [5, 5.41) is 9.40. The van der Waals surface area contributed by atoms with Crippen LogP contribution in [-0.2, 0) is 30.0 Å². The summed E-state index contributed by atoms with van der Waals surface area (Å²) in [7, 11) is 0. The monoisotopic (exact) mass is 390 g/mol. The van der Waals surface area contributed by atoms with E-state index in [1.165, 1.54) is 13.0 Å². The van der Waals surface area contributed by atoms with Crippen molar-refractivity contribution in [1.82, 2.24) is 4.98 Å². The molecule has 0 radical (unpaired) electrons. The first-order chi connectivity index (χ1) is 12.5. The number of alkyl halides is 3. The number of pyridine rings is 1. The van der Waals surface area contributed by atoms with Gasteiger partial charge in [0, 0.05) is 6.92 Å². The Bertz CT molecular complexity index is 754. The predicted octanol–water partition coefficient (Wildman–Crippen LogP) is 1.63. The van der Waals surface area contributed by atoms with Crippen LogP contribution in [0.1, 0.15) is 26.0 Å². The fourth-order valence-corrected chi connectivity index (χ4v) is 2.80. The topological polar surface area (TPSA) is 106 Å². The van der Waals surface area contributed by atoms with Crippen LogP contribution in [-0.4, -0.2) is 52.8 Å². The van der Waals surface area contributed by atoms with E-state index < -0.39 is 41.4 Å². The zero-order valence-electron chi connectivity index (χ0n) is 14.4. The van der Waals surface area contributed by atoms with Crippen LogP contribution in [0.5, 0.6) is 0 Å². The third-order valence-electron chi connectivity index (χ3n) is 4.04. The molecule has 1 amide bonds. The quantitative estimate of drug-likeness (QED) is 0.762. The van der Waals surface area contributed by atoms with E-state index in [1.807, 2.05) is 0 Å². The van der Waals surface area contributed by atoms with Gasteiger partial charge in [0.05, 0.1) is 13.2 Å². The number of hydrogen-bond acceptors (Lipinski definition) is 6. The smallest absolute Gasteiger partial charge is 0.433 e. The van der Waals surface area contributed by atoms with Crippen LogP contribution < -0.4 is 4.90 Å². The van der Waals surface area contributed by atoms with Crippen LogP contribution in [0, 0.1) is 0 Å². The number of morpholine rings is 1. The molecule has 2 heterocycles. The summed E-state index contributed by atoms with van der Waals surface area (Å²) in [6.45, 7) is 2.10. The van der Waals surface area contributed by atoms with Gasteiger partial charge in [-0.2, -0.15) is 13.2 Å². The van der Waals surface area contributed by atoms with Crippen LogP contribution in [0.2, 0.25) is 0 Å². The molecule has 27 heavy (non-hydrogen) atoms. The van der Waals surface area contributed by atoms with Crippen LogP contribution >= 0.6 is 0 Å². The van der Waals surface area contributed by atoms with E-state index in [0.29, 0.717) is 0 Å². The van der Waals surface area contributed by atoms with Gasteiger partial charge in [-0.1, -0.05) is 13.0 Å². The van der Waals surface area contributed by atoms with Crippen molar-refractivity contribution in [2.24, 2.45) is 0 Å². The lowest BCUT2D eigenvalue weighted by atomic mass is 9.89. The molecule has 0 aliphatic carbocycles. The summed E-state index contributed by atoms with van der Waals surface area (Å²) in [4.78, 5) is 40.2. The van der Waals surface area contributed by atoms with E-state index >= 15 is 0 Å². The summed E-state index contributed by atoms with van der Waals surface area (Å²) in [5.41, 5.74) is -3.28. The van der Waals surface area contributed by atoms with Gasteiger partial charge in [0.1, 0.15) is 11.5 Å². The van der Waals surface area contributed by atoms with Crippen LogP contribution in [0.15, 0.2) is 18.2 Å². The molecule has 2 atom stereocenters. The number of aromatic nitrogens is 1. The van der Waals surface area contributed by atoms with E-state index in [1.54, 1.807) is 0 Å². The van der Waals surface area contributed by atoms with Gasteiger partial charge in [-0.25, -0.2) is 9.78 Å². The number of carboxylic acids is 1. The lowest BCUT2D eigenvalue weighted by Crippen LogP contribution is -2.65. The van der Waals surface area contributed by atoms with Gasteiger partial charge in [0.2, 0.25) is 6.10 Å². The Kier molecular flexibility index (Phi) is 5.73. The molecule has 1 N–H and O–H groups in total.